The number of aliphatic hydroxyl groups is 2. The van der Waals surface area contributed by atoms with E-state index in [-0.39, 0.29) is 67.1 Å². The van der Waals surface area contributed by atoms with Crippen LogP contribution in [0, 0.1) is 23.7 Å². The van der Waals surface area contributed by atoms with Crippen LogP contribution in [0.4, 0.5) is 0 Å². The number of aliphatic hydroxyl groups excluding tert-OH is 1. The number of rotatable bonds is 8. The first-order chi connectivity index (χ1) is 29.1. The van der Waals surface area contributed by atoms with Crippen LogP contribution in [-0.4, -0.2) is 128 Å². The molecule has 0 aromatic carbocycles. The van der Waals surface area contributed by atoms with Gasteiger partial charge >= 0.3 is 5.97 Å². The smallest absolute Gasteiger partial charge is 0.316 e. The predicted molar refractivity (Wildman–Crippen MR) is 226 cm³/mol. The van der Waals surface area contributed by atoms with E-state index >= 15 is 0 Å². The molecule has 0 unspecified atom stereocenters. The van der Waals surface area contributed by atoms with E-state index in [9.17, 15) is 15.0 Å². The van der Waals surface area contributed by atoms with Gasteiger partial charge in [0.1, 0.15) is 35.9 Å². The molecule has 4 fully saturated rings. The summed E-state index contributed by atoms with van der Waals surface area (Å²) in [6.45, 7) is 16.4. The van der Waals surface area contributed by atoms with E-state index in [4.69, 9.17) is 47.4 Å². The van der Waals surface area contributed by atoms with E-state index in [1.807, 2.05) is 32.1 Å². The van der Waals surface area contributed by atoms with Crippen molar-refractivity contribution in [2.75, 3.05) is 20.8 Å². The highest BCUT2D eigenvalue weighted by molar-refractivity contribution is 5.78. The summed E-state index contributed by atoms with van der Waals surface area (Å²) in [5.41, 5.74) is 0.196. The van der Waals surface area contributed by atoms with Gasteiger partial charge < -0.3 is 57.6 Å². The molecule has 4 saturated heterocycles. The lowest BCUT2D eigenvalue weighted by atomic mass is 9.71. The molecule has 1 aliphatic carbocycles. The Morgan fingerprint density at radius 1 is 0.918 bits per heavy atom. The summed E-state index contributed by atoms with van der Waals surface area (Å²) in [6, 6.07) is 0. The Morgan fingerprint density at radius 2 is 1.69 bits per heavy atom. The molecular formula is C48H72O13. The van der Waals surface area contributed by atoms with Crippen LogP contribution in [-0.2, 0) is 52.2 Å². The van der Waals surface area contributed by atoms with Crippen molar-refractivity contribution in [1.82, 2.24) is 0 Å². The van der Waals surface area contributed by atoms with Gasteiger partial charge in [0.25, 0.3) is 0 Å². The van der Waals surface area contributed by atoms with Crippen molar-refractivity contribution in [3.8, 4) is 0 Å². The number of esters is 1. The minimum absolute atomic E-state index is 0.00821. The molecule has 0 saturated carbocycles. The van der Waals surface area contributed by atoms with E-state index in [0.717, 1.165) is 18.4 Å². The summed E-state index contributed by atoms with van der Waals surface area (Å²) in [7, 11) is 3.41. The predicted octanol–water partition coefficient (Wildman–Crippen LogP) is 6.41. The van der Waals surface area contributed by atoms with Gasteiger partial charge in [-0.2, -0.15) is 0 Å². The Labute approximate surface area is 362 Å². The molecule has 13 nitrogen and oxygen atoms in total. The van der Waals surface area contributed by atoms with E-state index in [1.165, 1.54) is 0 Å². The van der Waals surface area contributed by atoms with Crippen LogP contribution in [0.15, 0.2) is 59.3 Å². The molecule has 0 aromatic heterocycles. The molecule has 0 radical (unpaired) electrons. The summed E-state index contributed by atoms with van der Waals surface area (Å²) in [5.74, 6) is -2.48. The van der Waals surface area contributed by atoms with E-state index < -0.39 is 60.3 Å². The number of fused-ring (bicyclic) bond motifs is 2. The van der Waals surface area contributed by atoms with Crippen LogP contribution in [0.1, 0.15) is 100 Å². The number of hydrogen-bond acceptors (Lipinski definition) is 13. The molecule has 1 spiro atoms. The summed E-state index contributed by atoms with van der Waals surface area (Å²) in [4.78, 5) is 14.3. The molecule has 61 heavy (non-hydrogen) atoms. The lowest BCUT2D eigenvalue weighted by Gasteiger charge is -2.48. The first-order valence-corrected chi connectivity index (χ1v) is 22.8. The zero-order chi connectivity index (χ0) is 43.8. The van der Waals surface area contributed by atoms with Crippen molar-refractivity contribution in [3.63, 3.8) is 0 Å². The van der Waals surface area contributed by atoms with Gasteiger partial charge in [0, 0.05) is 51.7 Å². The molecule has 0 aromatic rings. The van der Waals surface area contributed by atoms with Gasteiger partial charge in [0.15, 0.2) is 18.4 Å². The van der Waals surface area contributed by atoms with E-state index in [0.29, 0.717) is 43.3 Å². The zero-order valence-electron chi connectivity index (χ0n) is 37.9. The summed E-state index contributed by atoms with van der Waals surface area (Å²) >= 11 is 0. The Morgan fingerprint density at radius 3 is 2.43 bits per heavy atom. The van der Waals surface area contributed by atoms with Gasteiger partial charge in [-0.1, -0.05) is 70.6 Å². The molecule has 6 heterocycles. The number of hydrogen-bond donors (Lipinski definition) is 2. The van der Waals surface area contributed by atoms with Crippen molar-refractivity contribution in [3.05, 3.63) is 59.3 Å². The molecule has 342 valence electrons. The Bertz CT molecular complexity index is 1690. The summed E-state index contributed by atoms with van der Waals surface area (Å²) in [6.07, 6.45) is 12.1. The third-order valence-corrected chi connectivity index (χ3v) is 14.3. The van der Waals surface area contributed by atoms with E-state index in [1.54, 1.807) is 33.3 Å². The van der Waals surface area contributed by atoms with Gasteiger partial charge in [-0.3, -0.25) is 4.79 Å². The average Bonchev–Trinajstić information content (AvgIpc) is 3.57. The van der Waals surface area contributed by atoms with Crippen LogP contribution < -0.4 is 0 Å². The van der Waals surface area contributed by atoms with Crippen molar-refractivity contribution in [1.29, 1.82) is 0 Å². The molecule has 2 bridgehead atoms. The van der Waals surface area contributed by atoms with E-state index in [2.05, 4.69) is 46.8 Å². The molecule has 0 amide bonds. The van der Waals surface area contributed by atoms with Gasteiger partial charge in [-0.25, -0.2) is 0 Å². The monoisotopic (exact) mass is 856 g/mol. The topological polar surface area (TPSA) is 150 Å². The number of methoxy groups -OCH3 is 2. The zero-order valence-corrected chi connectivity index (χ0v) is 37.9. The standard InChI is InChI=1S/C48H72O13/c1-11-26(2)43-29(5)17-18-47(61-43)24-36-21-34(60-47)16-15-28(4)42(58-40-23-38(53-10)44(32(8)56-40)59-39-22-35(52-9)20-31(7)55-39)27(3)13-12-14-33-25-54-45-41(49)30(6)19-37(46(50)57-36)48(33,45)51/h12-15,17-19,26-27,29,31-32,34-45,49,51H,11,16,20-25H2,1-10H3/b13-12+,28-15+,33-14+/t26-,27-,29-,31-,32-,34+,35+,36-,37-,38-,39-,40-,41+,42-,43+,44-,45+,47+,48+/m0/s1. The SMILES string of the molecule is CC[C@H](C)[C@H]1O[C@]2(C=C[C@@H]1C)C[C@@H]1C[C@@H](C/C=C(\C)[C@@H](O[C@H]3C[C@H](OC)[C@@H](O[C@H]4C[C@H](OC)C[C@H](C)O4)[C@H](C)O3)[C@@H](C)/C=C/C=C3\CO[C@@H]4[C@H](O)C(C)=C[C@@H](C(=O)O1)[C@]34O)O2. The van der Waals surface area contributed by atoms with Crippen LogP contribution >= 0.6 is 0 Å². The highest BCUT2D eigenvalue weighted by Crippen LogP contribution is 2.47. The van der Waals surface area contributed by atoms with Gasteiger partial charge in [0.2, 0.25) is 0 Å². The maximum absolute atomic E-state index is 14.3. The van der Waals surface area contributed by atoms with Crippen molar-refractivity contribution >= 4 is 5.97 Å². The lowest BCUT2D eigenvalue weighted by Crippen LogP contribution is -2.58. The quantitative estimate of drug-likeness (QED) is 0.205. The van der Waals surface area contributed by atoms with Crippen LogP contribution in [0.3, 0.4) is 0 Å². The fourth-order valence-electron chi connectivity index (χ4n) is 10.6. The first-order valence-electron chi connectivity index (χ1n) is 22.8. The number of allylic oxidation sites excluding steroid dienone is 2. The third-order valence-electron chi connectivity index (χ3n) is 14.3. The molecule has 13 heteroatoms. The Balaban J connectivity index is 1.19. The van der Waals surface area contributed by atoms with Gasteiger partial charge in [-0.05, 0) is 69.2 Å². The number of carbonyl (C=O) groups excluding carboxylic acids is 1. The lowest BCUT2D eigenvalue weighted by molar-refractivity contribution is -0.309. The normalized spacial score (nSPS) is 48.5. The van der Waals surface area contributed by atoms with Gasteiger partial charge in [-0.15, -0.1) is 0 Å². The number of ether oxygens (including phenoxy) is 10. The third kappa shape index (κ3) is 9.88. The maximum atomic E-state index is 14.3. The molecule has 6 aliphatic heterocycles. The first kappa shape index (κ1) is 46.7. The average molecular weight is 857 g/mol. The fraction of sp³-hybridized carbons (Fsp3) is 0.771. The Hall–Kier alpha value is -2.27. The second-order valence-electron chi connectivity index (χ2n) is 18.9. The second kappa shape index (κ2) is 19.5. The highest BCUT2D eigenvalue weighted by atomic mass is 16.7. The molecule has 2 N–H and O–H groups in total. The van der Waals surface area contributed by atoms with Gasteiger partial charge in [0.05, 0.1) is 49.3 Å². The molecule has 7 rings (SSSR count). The second-order valence-corrected chi connectivity index (χ2v) is 18.9. The highest BCUT2D eigenvalue weighted by Gasteiger charge is 2.60. The van der Waals surface area contributed by atoms with Crippen LogP contribution in [0.2, 0.25) is 0 Å². The fourth-order valence-corrected chi connectivity index (χ4v) is 10.6. The minimum atomic E-state index is -1.82. The van der Waals surface area contributed by atoms with Crippen LogP contribution in [0.25, 0.3) is 0 Å². The van der Waals surface area contributed by atoms with Crippen LogP contribution in [0.5, 0.6) is 0 Å². The van der Waals surface area contributed by atoms with Crippen molar-refractivity contribution in [2.45, 2.75) is 191 Å². The molecule has 7 aliphatic rings. The van der Waals surface area contributed by atoms with Crippen molar-refractivity contribution < 1.29 is 62.4 Å². The summed E-state index contributed by atoms with van der Waals surface area (Å²) in [5, 5.41) is 23.7. The Kier molecular flexibility index (Phi) is 14.9. The molecular weight excluding hydrogens is 785 g/mol. The maximum Gasteiger partial charge on any atom is 0.316 e. The van der Waals surface area contributed by atoms with Crippen molar-refractivity contribution in [2.24, 2.45) is 23.7 Å². The number of carbonyl (C=O) groups is 1. The molecule has 19 atom stereocenters. The minimum Gasteiger partial charge on any atom is -0.462 e. The largest absolute Gasteiger partial charge is 0.462 e. The summed E-state index contributed by atoms with van der Waals surface area (Å²) < 4.78 is 64.1.